The van der Waals surface area contributed by atoms with Gasteiger partial charge in [0.25, 0.3) is 0 Å². The Morgan fingerprint density at radius 3 is 2.85 bits per heavy atom. The molecule has 142 valence electrons. The van der Waals surface area contributed by atoms with E-state index in [1.807, 2.05) is 16.9 Å². The third-order valence-electron chi connectivity index (χ3n) is 4.51. The first-order valence-corrected chi connectivity index (χ1v) is 8.81. The maximum Gasteiger partial charge on any atom is 0.191 e. The van der Waals surface area contributed by atoms with Crippen LogP contribution in [0.1, 0.15) is 30.9 Å². The molecule has 1 aromatic heterocycles. The maximum atomic E-state index is 5.81. The smallest absolute Gasteiger partial charge is 0.191 e. The molecule has 1 aromatic carbocycles. The van der Waals surface area contributed by atoms with Crippen molar-refractivity contribution in [2.24, 2.45) is 4.99 Å². The lowest BCUT2D eigenvalue weighted by atomic mass is 10.0. The van der Waals surface area contributed by atoms with E-state index in [1.54, 1.807) is 13.2 Å². The summed E-state index contributed by atoms with van der Waals surface area (Å²) < 4.78 is 7.74. The van der Waals surface area contributed by atoms with E-state index in [9.17, 15) is 0 Å². The zero-order chi connectivity index (χ0) is 17.5. The quantitative estimate of drug-likeness (QED) is 0.388. The third kappa shape index (κ3) is 5.98. The summed E-state index contributed by atoms with van der Waals surface area (Å²) in [5.41, 5.74) is 2.37. The van der Waals surface area contributed by atoms with Crippen molar-refractivity contribution in [2.45, 2.75) is 38.5 Å². The van der Waals surface area contributed by atoms with Crippen molar-refractivity contribution in [3.8, 4) is 0 Å². The number of nitrogens with zero attached hydrogens (tertiary/aromatic N) is 3. The van der Waals surface area contributed by atoms with Gasteiger partial charge < -0.3 is 15.4 Å². The standard InChI is InChI=1S/C19H27N5O.HI/c1-19(8-4-11-25-19)15-22-18(20-2)21-13-16-6-3-7-17(12-16)14-24-10-5-9-23-24;/h3,5-7,9-10,12H,4,8,11,13-15H2,1-2H3,(H2,20,21,22);1H. The highest BCUT2D eigenvalue weighted by Gasteiger charge is 2.29. The monoisotopic (exact) mass is 469 g/mol. The molecule has 1 aliphatic heterocycles. The highest BCUT2D eigenvalue weighted by molar-refractivity contribution is 14.0. The minimum atomic E-state index is -0.0820. The second kappa shape index (κ2) is 9.91. The molecule has 7 heteroatoms. The Hall–Kier alpha value is -1.61. The highest BCUT2D eigenvalue weighted by atomic mass is 127. The molecule has 0 radical (unpaired) electrons. The molecule has 0 saturated carbocycles. The zero-order valence-corrected chi connectivity index (χ0v) is 17.8. The van der Waals surface area contributed by atoms with Crippen LogP contribution in [-0.2, 0) is 17.8 Å². The minimum absolute atomic E-state index is 0. The van der Waals surface area contributed by atoms with Crippen molar-refractivity contribution >= 4 is 29.9 Å². The van der Waals surface area contributed by atoms with E-state index in [2.05, 4.69) is 51.9 Å². The summed E-state index contributed by atoms with van der Waals surface area (Å²) in [5.74, 6) is 0.800. The van der Waals surface area contributed by atoms with Crippen LogP contribution < -0.4 is 10.6 Å². The van der Waals surface area contributed by atoms with E-state index < -0.39 is 0 Å². The Balaban J connectivity index is 0.00000243. The van der Waals surface area contributed by atoms with Gasteiger partial charge in [-0.15, -0.1) is 24.0 Å². The van der Waals surface area contributed by atoms with Crippen molar-refractivity contribution in [2.75, 3.05) is 20.2 Å². The normalized spacial score (nSPS) is 19.8. The van der Waals surface area contributed by atoms with Gasteiger partial charge in [-0.05, 0) is 37.0 Å². The number of ether oxygens (including phenoxy) is 1. The molecular weight excluding hydrogens is 441 g/mol. The molecule has 1 saturated heterocycles. The molecule has 1 aliphatic rings. The van der Waals surface area contributed by atoms with Gasteiger partial charge in [0.1, 0.15) is 0 Å². The van der Waals surface area contributed by atoms with Gasteiger partial charge in [0, 0.05) is 39.1 Å². The molecule has 2 heterocycles. The minimum Gasteiger partial charge on any atom is -0.373 e. The van der Waals surface area contributed by atoms with Gasteiger partial charge in [-0.3, -0.25) is 9.67 Å². The fourth-order valence-corrected chi connectivity index (χ4v) is 3.07. The number of rotatable bonds is 6. The second-order valence-electron chi connectivity index (χ2n) is 6.70. The number of aromatic nitrogens is 2. The summed E-state index contributed by atoms with van der Waals surface area (Å²) in [5, 5.41) is 11.0. The summed E-state index contributed by atoms with van der Waals surface area (Å²) in [6.45, 7) is 5.28. The van der Waals surface area contributed by atoms with Crippen LogP contribution in [0, 0.1) is 0 Å². The summed E-state index contributed by atoms with van der Waals surface area (Å²) in [6, 6.07) is 10.5. The van der Waals surface area contributed by atoms with Crippen molar-refractivity contribution in [3.63, 3.8) is 0 Å². The molecule has 26 heavy (non-hydrogen) atoms. The lowest BCUT2D eigenvalue weighted by Gasteiger charge is -2.24. The fourth-order valence-electron chi connectivity index (χ4n) is 3.07. The first-order chi connectivity index (χ1) is 12.2. The third-order valence-corrected chi connectivity index (χ3v) is 4.51. The Morgan fingerprint density at radius 1 is 1.31 bits per heavy atom. The molecular formula is C19H28IN5O. The molecule has 3 rings (SSSR count). The van der Waals surface area contributed by atoms with Crippen LogP contribution in [0.2, 0.25) is 0 Å². The predicted octanol–water partition coefficient (Wildman–Crippen LogP) is 2.78. The van der Waals surface area contributed by atoms with E-state index in [4.69, 9.17) is 4.74 Å². The van der Waals surface area contributed by atoms with Gasteiger partial charge >= 0.3 is 0 Å². The van der Waals surface area contributed by atoms with Crippen LogP contribution in [0.4, 0.5) is 0 Å². The van der Waals surface area contributed by atoms with E-state index in [1.165, 1.54) is 11.1 Å². The maximum absolute atomic E-state index is 5.81. The Kier molecular flexibility index (Phi) is 7.89. The van der Waals surface area contributed by atoms with Crippen molar-refractivity contribution < 1.29 is 4.74 Å². The number of guanidine groups is 1. The number of hydrogen-bond acceptors (Lipinski definition) is 3. The van der Waals surface area contributed by atoms with Gasteiger partial charge in [0.2, 0.25) is 0 Å². The van der Waals surface area contributed by atoms with Gasteiger partial charge in [0.15, 0.2) is 5.96 Å². The second-order valence-corrected chi connectivity index (χ2v) is 6.70. The summed E-state index contributed by atoms with van der Waals surface area (Å²) >= 11 is 0. The lowest BCUT2D eigenvalue weighted by molar-refractivity contribution is 0.0243. The molecule has 0 bridgehead atoms. The van der Waals surface area contributed by atoms with Crippen LogP contribution in [0.5, 0.6) is 0 Å². The van der Waals surface area contributed by atoms with Crippen molar-refractivity contribution in [1.29, 1.82) is 0 Å². The molecule has 0 amide bonds. The molecule has 0 aliphatic carbocycles. The number of benzene rings is 1. The van der Waals surface area contributed by atoms with Crippen LogP contribution in [0.3, 0.4) is 0 Å². The van der Waals surface area contributed by atoms with Gasteiger partial charge in [-0.2, -0.15) is 5.10 Å². The van der Waals surface area contributed by atoms with Crippen molar-refractivity contribution in [1.82, 2.24) is 20.4 Å². The SMILES string of the molecule is CN=C(NCc1cccc(Cn2cccn2)c1)NCC1(C)CCCO1.I. The molecule has 0 spiro atoms. The van der Waals surface area contributed by atoms with E-state index >= 15 is 0 Å². The number of nitrogens with one attached hydrogen (secondary N) is 2. The molecule has 1 unspecified atom stereocenters. The Morgan fingerprint density at radius 2 is 2.15 bits per heavy atom. The average molecular weight is 469 g/mol. The topological polar surface area (TPSA) is 63.5 Å². The Labute approximate surface area is 172 Å². The summed E-state index contributed by atoms with van der Waals surface area (Å²) in [6.07, 6.45) is 6.00. The lowest BCUT2D eigenvalue weighted by Crippen LogP contribution is -2.45. The van der Waals surface area contributed by atoms with Gasteiger partial charge in [0.05, 0.1) is 12.1 Å². The van der Waals surface area contributed by atoms with Crippen LogP contribution in [0.15, 0.2) is 47.7 Å². The van der Waals surface area contributed by atoms with E-state index in [0.29, 0.717) is 0 Å². The zero-order valence-electron chi connectivity index (χ0n) is 15.4. The molecule has 2 aromatic rings. The Bertz CT molecular complexity index is 696. The van der Waals surface area contributed by atoms with Crippen LogP contribution in [-0.4, -0.2) is 41.5 Å². The molecule has 1 atom stereocenters. The summed E-state index contributed by atoms with van der Waals surface area (Å²) in [4.78, 5) is 4.30. The predicted molar refractivity (Wildman–Crippen MR) is 115 cm³/mol. The first kappa shape index (κ1) is 20.7. The van der Waals surface area contributed by atoms with Crippen LogP contribution in [0.25, 0.3) is 0 Å². The van der Waals surface area contributed by atoms with Gasteiger partial charge in [-0.1, -0.05) is 24.3 Å². The number of aliphatic imine (C=N–C) groups is 1. The number of halogens is 1. The summed E-state index contributed by atoms with van der Waals surface area (Å²) in [7, 11) is 1.79. The average Bonchev–Trinajstić information content (AvgIpc) is 3.28. The first-order valence-electron chi connectivity index (χ1n) is 8.81. The van der Waals surface area contributed by atoms with Crippen LogP contribution >= 0.6 is 24.0 Å². The van der Waals surface area contributed by atoms with Gasteiger partial charge in [-0.25, -0.2) is 0 Å². The highest BCUT2D eigenvalue weighted by Crippen LogP contribution is 2.23. The van der Waals surface area contributed by atoms with E-state index in [-0.39, 0.29) is 29.6 Å². The van der Waals surface area contributed by atoms with E-state index in [0.717, 1.165) is 45.0 Å². The molecule has 6 nitrogen and oxygen atoms in total. The number of hydrogen-bond donors (Lipinski definition) is 2. The largest absolute Gasteiger partial charge is 0.373 e. The fraction of sp³-hybridized carbons (Fsp3) is 0.474. The van der Waals surface area contributed by atoms with Crippen molar-refractivity contribution in [3.05, 3.63) is 53.9 Å². The molecule has 2 N–H and O–H groups in total. The molecule has 1 fully saturated rings.